The van der Waals surface area contributed by atoms with Gasteiger partial charge in [-0.15, -0.1) is 11.3 Å². The Morgan fingerprint density at radius 1 is 1.43 bits per heavy atom. The van der Waals surface area contributed by atoms with E-state index < -0.39 is 0 Å². The van der Waals surface area contributed by atoms with E-state index in [1.807, 2.05) is 24.4 Å². The van der Waals surface area contributed by atoms with Crippen LogP contribution in [0.15, 0.2) is 34.4 Å². The van der Waals surface area contributed by atoms with Crippen molar-refractivity contribution in [3.63, 3.8) is 0 Å². The summed E-state index contributed by atoms with van der Waals surface area (Å²) in [6.45, 7) is 3.33. The van der Waals surface area contributed by atoms with Crippen molar-refractivity contribution in [1.29, 1.82) is 0 Å². The van der Waals surface area contributed by atoms with Gasteiger partial charge >= 0.3 is 0 Å². The van der Waals surface area contributed by atoms with Crippen molar-refractivity contribution in [3.05, 3.63) is 45.7 Å². The highest BCUT2D eigenvalue weighted by molar-refractivity contribution is 7.13. The Hall–Kier alpha value is -2.74. The molecule has 3 rings (SSSR count). The summed E-state index contributed by atoms with van der Waals surface area (Å²) in [4.78, 5) is 31.2. The van der Waals surface area contributed by atoms with Gasteiger partial charge in [-0.05, 0) is 17.9 Å². The molecule has 0 saturated carbocycles. The van der Waals surface area contributed by atoms with Gasteiger partial charge in [0.05, 0.1) is 4.88 Å². The van der Waals surface area contributed by atoms with Crippen LogP contribution in [0.5, 0.6) is 0 Å². The summed E-state index contributed by atoms with van der Waals surface area (Å²) in [5, 5.41) is 9.14. The van der Waals surface area contributed by atoms with E-state index in [1.165, 1.54) is 17.7 Å². The number of aromatic amines is 1. The molecule has 0 atom stereocenters. The molecule has 0 aliphatic carbocycles. The number of amides is 1. The van der Waals surface area contributed by atoms with Gasteiger partial charge in [0.2, 0.25) is 11.9 Å². The first-order valence-electron chi connectivity index (χ1n) is 7.09. The van der Waals surface area contributed by atoms with E-state index in [0.29, 0.717) is 23.6 Å². The Labute approximate surface area is 136 Å². The van der Waals surface area contributed by atoms with Crippen molar-refractivity contribution >= 4 is 23.1 Å². The number of carbonyl (C=O) groups is 1. The van der Waals surface area contributed by atoms with Gasteiger partial charge in [-0.3, -0.25) is 14.6 Å². The number of aryl methyl sites for hydroxylation is 1. The summed E-state index contributed by atoms with van der Waals surface area (Å²) in [5.41, 5.74) is 1.10. The van der Waals surface area contributed by atoms with E-state index in [0.717, 1.165) is 4.88 Å². The maximum Gasteiger partial charge on any atom is 0.252 e. The van der Waals surface area contributed by atoms with Crippen LogP contribution in [0.4, 0.5) is 5.82 Å². The molecule has 0 saturated heterocycles. The molecule has 0 aromatic carbocycles. The van der Waals surface area contributed by atoms with Crippen LogP contribution < -0.4 is 10.9 Å². The minimum absolute atomic E-state index is 0.224. The molecule has 0 bridgehead atoms. The van der Waals surface area contributed by atoms with Gasteiger partial charge in [-0.2, -0.15) is 9.78 Å². The predicted octanol–water partition coefficient (Wildman–Crippen LogP) is 2.20. The van der Waals surface area contributed by atoms with E-state index in [4.69, 9.17) is 0 Å². The summed E-state index contributed by atoms with van der Waals surface area (Å²) < 4.78 is 1.44. The summed E-state index contributed by atoms with van der Waals surface area (Å²) in [6.07, 6.45) is 0.630. The van der Waals surface area contributed by atoms with Crippen LogP contribution in [0.25, 0.3) is 16.5 Å². The van der Waals surface area contributed by atoms with Crippen molar-refractivity contribution < 1.29 is 4.79 Å². The van der Waals surface area contributed by atoms with Gasteiger partial charge in [-0.1, -0.05) is 13.0 Å². The van der Waals surface area contributed by atoms with Gasteiger partial charge in [0, 0.05) is 24.8 Å². The summed E-state index contributed by atoms with van der Waals surface area (Å²) >= 11 is 1.54. The van der Waals surface area contributed by atoms with E-state index in [9.17, 15) is 9.59 Å². The first-order valence-corrected chi connectivity index (χ1v) is 7.97. The summed E-state index contributed by atoms with van der Waals surface area (Å²) in [5.74, 6) is 0.510. The molecule has 0 unspecified atom stereocenters. The zero-order valence-corrected chi connectivity index (χ0v) is 13.5. The van der Waals surface area contributed by atoms with Crippen molar-refractivity contribution in [2.75, 3.05) is 5.32 Å². The molecule has 3 heterocycles. The van der Waals surface area contributed by atoms with Crippen LogP contribution in [-0.2, 0) is 11.2 Å². The average molecular weight is 329 g/mol. The van der Waals surface area contributed by atoms with Crippen LogP contribution in [0.1, 0.15) is 19.5 Å². The highest BCUT2D eigenvalue weighted by Gasteiger charge is 2.15. The number of aromatic nitrogens is 4. The van der Waals surface area contributed by atoms with Crippen LogP contribution in [0.3, 0.4) is 0 Å². The number of nitrogens with one attached hydrogen (secondary N) is 2. The standard InChI is InChI=1S/C15H15N5O2S/c1-3-10-7-14(22)18-15(17-10)20-13(16-9(2)21)8-11(19-20)12-5-4-6-23-12/h4-8H,3H2,1-2H3,(H,16,21)(H,17,18,22). The van der Waals surface area contributed by atoms with Crippen molar-refractivity contribution in [2.24, 2.45) is 0 Å². The molecule has 3 aromatic rings. The lowest BCUT2D eigenvalue weighted by Crippen LogP contribution is -2.17. The second kappa shape index (κ2) is 6.17. The molecular formula is C15H15N5O2S. The van der Waals surface area contributed by atoms with Crippen LogP contribution in [0, 0.1) is 0 Å². The van der Waals surface area contributed by atoms with Crippen molar-refractivity contribution in [1.82, 2.24) is 19.7 Å². The molecule has 0 aliphatic heterocycles. The van der Waals surface area contributed by atoms with E-state index in [1.54, 1.807) is 17.4 Å². The van der Waals surface area contributed by atoms with Crippen molar-refractivity contribution in [3.8, 4) is 16.5 Å². The largest absolute Gasteiger partial charge is 0.311 e. The quantitative estimate of drug-likeness (QED) is 0.767. The first kappa shape index (κ1) is 15.2. The SMILES string of the molecule is CCc1cc(=O)[nH]c(-n2nc(-c3cccs3)cc2NC(C)=O)n1. The number of thiophene rings is 1. The maximum absolute atomic E-state index is 11.8. The third kappa shape index (κ3) is 3.21. The van der Waals surface area contributed by atoms with Crippen molar-refractivity contribution in [2.45, 2.75) is 20.3 Å². The maximum atomic E-state index is 11.8. The number of H-pyrrole nitrogens is 1. The molecule has 0 radical (unpaired) electrons. The molecule has 0 aliphatic rings. The normalized spacial score (nSPS) is 10.7. The lowest BCUT2D eigenvalue weighted by atomic mass is 10.3. The Bertz CT molecular complexity index is 895. The average Bonchev–Trinajstić information content (AvgIpc) is 3.15. The topological polar surface area (TPSA) is 92.7 Å². The van der Waals surface area contributed by atoms with Crippen LogP contribution >= 0.6 is 11.3 Å². The zero-order chi connectivity index (χ0) is 16.4. The fourth-order valence-corrected chi connectivity index (χ4v) is 2.81. The Morgan fingerprint density at radius 2 is 2.26 bits per heavy atom. The van der Waals surface area contributed by atoms with Crippen LogP contribution in [0.2, 0.25) is 0 Å². The Morgan fingerprint density at radius 3 is 2.91 bits per heavy atom. The Kier molecular flexibility index (Phi) is 4.07. The minimum Gasteiger partial charge on any atom is -0.311 e. The molecule has 1 amide bonds. The lowest BCUT2D eigenvalue weighted by molar-refractivity contribution is -0.114. The smallest absolute Gasteiger partial charge is 0.252 e. The predicted molar refractivity (Wildman–Crippen MR) is 89.0 cm³/mol. The van der Waals surface area contributed by atoms with Gasteiger partial charge < -0.3 is 5.32 Å². The third-order valence-corrected chi connectivity index (χ3v) is 4.02. The van der Waals surface area contributed by atoms with E-state index in [-0.39, 0.29) is 17.4 Å². The minimum atomic E-state index is -0.256. The lowest BCUT2D eigenvalue weighted by Gasteiger charge is -2.07. The first-order chi connectivity index (χ1) is 11.1. The molecule has 23 heavy (non-hydrogen) atoms. The fourth-order valence-electron chi connectivity index (χ4n) is 2.13. The molecule has 8 heteroatoms. The van der Waals surface area contributed by atoms with Gasteiger partial charge in [0.25, 0.3) is 5.56 Å². The van der Waals surface area contributed by atoms with Gasteiger partial charge in [-0.25, -0.2) is 4.98 Å². The van der Waals surface area contributed by atoms with E-state index in [2.05, 4.69) is 20.4 Å². The zero-order valence-electron chi connectivity index (χ0n) is 12.7. The molecule has 3 aromatic heterocycles. The van der Waals surface area contributed by atoms with Gasteiger partial charge in [0.15, 0.2) is 0 Å². The molecule has 7 nitrogen and oxygen atoms in total. The molecule has 2 N–H and O–H groups in total. The second-order valence-electron chi connectivity index (χ2n) is 4.90. The summed E-state index contributed by atoms with van der Waals surface area (Å²) in [7, 11) is 0. The van der Waals surface area contributed by atoms with Crippen LogP contribution in [-0.4, -0.2) is 25.7 Å². The molecule has 118 valence electrons. The number of nitrogens with zero attached hydrogens (tertiary/aromatic N) is 3. The molecule has 0 spiro atoms. The fraction of sp³-hybridized carbons (Fsp3) is 0.200. The number of anilines is 1. The third-order valence-electron chi connectivity index (χ3n) is 3.13. The number of rotatable bonds is 4. The van der Waals surface area contributed by atoms with E-state index >= 15 is 0 Å². The monoisotopic (exact) mass is 329 g/mol. The number of hydrogen-bond acceptors (Lipinski definition) is 5. The second-order valence-corrected chi connectivity index (χ2v) is 5.85. The highest BCUT2D eigenvalue weighted by Crippen LogP contribution is 2.27. The molecule has 0 fully saturated rings. The highest BCUT2D eigenvalue weighted by atomic mass is 32.1. The Balaban J connectivity index is 2.15. The molecular weight excluding hydrogens is 314 g/mol. The number of carbonyl (C=O) groups excluding carboxylic acids is 1. The van der Waals surface area contributed by atoms with Gasteiger partial charge in [0.1, 0.15) is 11.5 Å². The number of hydrogen-bond donors (Lipinski definition) is 2. The summed E-state index contributed by atoms with van der Waals surface area (Å²) in [6, 6.07) is 7.07.